The minimum atomic E-state index is -0.164. The van der Waals surface area contributed by atoms with Crippen molar-refractivity contribution in [3.8, 4) is 11.1 Å². The first-order chi connectivity index (χ1) is 10.5. The summed E-state index contributed by atoms with van der Waals surface area (Å²) >= 11 is 7.19. The third kappa shape index (κ3) is 2.74. The highest BCUT2D eigenvalue weighted by molar-refractivity contribution is 9.10. The van der Waals surface area contributed by atoms with E-state index in [1.807, 2.05) is 6.92 Å². The van der Waals surface area contributed by atoms with Crippen LogP contribution in [-0.4, -0.2) is 13.1 Å². The first kappa shape index (κ1) is 15.8. The zero-order chi connectivity index (χ0) is 15.9. The van der Waals surface area contributed by atoms with Gasteiger partial charge in [-0.2, -0.15) is 0 Å². The van der Waals surface area contributed by atoms with Crippen molar-refractivity contribution in [2.75, 3.05) is 7.11 Å². The summed E-state index contributed by atoms with van der Waals surface area (Å²) < 4.78 is 7.02. The van der Waals surface area contributed by atoms with Crippen molar-refractivity contribution in [1.29, 1.82) is 0 Å². The third-order valence-corrected chi connectivity index (χ3v) is 5.45. The van der Waals surface area contributed by atoms with Gasteiger partial charge in [0.25, 0.3) is 0 Å². The van der Waals surface area contributed by atoms with Crippen LogP contribution in [0.2, 0.25) is 0 Å². The van der Waals surface area contributed by atoms with E-state index < -0.39 is 0 Å². The van der Waals surface area contributed by atoms with Gasteiger partial charge in [-0.15, -0.1) is 0 Å². The fourth-order valence-electron chi connectivity index (χ4n) is 3.09. The minimum Gasteiger partial charge on any atom is -0.469 e. The van der Waals surface area contributed by atoms with Crippen LogP contribution in [0.4, 0.5) is 0 Å². The lowest BCUT2D eigenvalue weighted by Gasteiger charge is -2.15. The van der Waals surface area contributed by atoms with Crippen molar-refractivity contribution in [2.45, 2.75) is 19.8 Å². The molecule has 22 heavy (non-hydrogen) atoms. The van der Waals surface area contributed by atoms with Crippen LogP contribution < -0.4 is 0 Å². The van der Waals surface area contributed by atoms with E-state index in [4.69, 9.17) is 4.74 Å². The molecule has 0 amide bonds. The molecule has 0 saturated carbocycles. The van der Waals surface area contributed by atoms with Crippen molar-refractivity contribution >= 4 is 37.8 Å². The lowest BCUT2D eigenvalue weighted by Crippen LogP contribution is -2.16. The number of carbonyl (C=O) groups excluding carboxylic acids is 1. The fourth-order valence-corrected chi connectivity index (χ4v) is 4.03. The van der Waals surface area contributed by atoms with E-state index >= 15 is 0 Å². The van der Waals surface area contributed by atoms with Crippen LogP contribution >= 0.6 is 31.9 Å². The topological polar surface area (TPSA) is 26.3 Å². The highest BCUT2D eigenvalue weighted by Gasteiger charge is 2.25. The largest absolute Gasteiger partial charge is 0.469 e. The first-order valence-corrected chi connectivity index (χ1v) is 8.76. The quantitative estimate of drug-likeness (QED) is 0.545. The van der Waals surface area contributed by atoms with Crippen molar-refractivity contribution < 1.29 is 9.53 Å². The molecule has 1 aliphatic carbocycles. The number of benzene rings is 2. The Balaban J connectivity index is 2.03. The standard InChI is InChI=1S/C18H16Br2O2/c1-10(18(21)22-2)7-16-15-9-11-8-12(19)3-4-13(11)14(15)5-6-17(16)20/h3-6,8,10H,7,9H2,1-2H3. The van der Waals surface area contributed by atoms with Crippen molar-refractivity contribution in [2.24, 2.45) is 5.92 Å². The molecule has 114 valence electrons. The number of esters is 1. The molecule has 1 unspecified atom stereocenters. The van der Waals surface area contributed by atoms with Gasteiger partial charge >= 0.3 is 5.97 Å². The normalized spacial score (nSPS) is 13.5. The molecule has 0 fully saturated rings. The summed E-state index contributed by atoms with van der Waals surface area (Å²) in [5.41, 5.74) is 6.42. The van der Waals surface area contributed by atoms with Crippen molar-refractivity contribution in [3.05, 3.63) is 56.0 Å². The number of rotatable bonds is 3. The lowest BCUT2D eigenvalue weighted by molar-refractivity contribution is -0.144. The van der Waals surface area contributed by atoms with Gasteiger partial charge < -0.3 is 4.74 Å². The molecule has 2 aromatic carbocycles. The van der Waals surface area contributed by atoms with Gasteiger partial charge in [0.1, 0.15) is 0 Å². The molecule has 1 atom stereocenters. The second kappa shape index (κ2) is 6.17. The Morgan fingerprint density at radius 1 is 1.23 bits per heavy atom. The second-order valence-corrected chi connectivity index (χ2v) is 7.43. The van der Waals surface area contributed by atoms with Crippen LogP contribution in [0.3, 0.4) is 0 Å². The summed E-state index contributed by atoms with van der Waals surface area (Å²) in [6.45, 7) is 1.91. The van der Waals surface area contributed by atoms with Gasteiger partial charge in [0.2, 0.25) is 0 Å². The molecule has 4 heteroatoms. The van der Waals surface area contributed by atoms with E-state index in [1.165, 1.54) is 34.9 Å². The minimum absolute atomic E-state index is 0.150. The van der Waals surface area contributed by atoms with Crippen molar-refractivity contribution in [3.63, 3.8) is 0 Å². The predicted molar refractivity (Wildman–Crippen MR) is 95.0 cm³/mol. The second-order valence-electron chi connectivity index (χ2n) is 5.66. The summed E-state index contributed by atoms with van der Waals surface area (Å²) in [5, 5.41) is 0. The molecule has 0 spiro atoms. The summed E-state index contributed by atoms with van der Waals surface area (Å²) in [4.78, 5) is 11.7. The van der Waals surface area contributed by atoms with E-state index in [2.05, 4.69) is 62.2 Å². The van der Waals surface area contributed by atoms with Crippen LogP contribution in [0.25, 0.3) is 11.1 Å². The van der Waals surface area contributed by atoms with E-state index in [-0.39, 0.29) is 11.9 Å². The van der Waals surface area contributed by atoms with Crippen LogP contribution in [0, 0.1) is 5.92 Å². The number of hydrogen-bond acceptors (Lipinski definition) is 2. The molecule has 3 rings (SSSR count). The Bertz CT molecular complexity index is 753. The van der Waals surface area contributed by atoms with Crippen LogP contribution in [0.1, 0.15) is 23.6 Å². The van der Waals surface area contributed by atoms with Gasteiger partial charge in [0.05, 0.1) is 13.0 Å². The van der Waals surface area contributed by atoms with E-state index in [0.717, 1.165) is 15.4 Å². The van der Waals surface area contributed by atoms with Crippen LogP contribution in [0.5, 0.6) is 0 Å². The average Bonchev–Trinajstić information content (AvgIpc) is 2.86. The summed E-state index contributed by atoms with van der Waals surface area (Å²) in [6, 6.07) is 10.6. The van der Waals surface area contributed by atoms with Gasteiger partial charge in [-0.25, -0.2) is 0 Å². The Morgan fingerprint density at radius 2 is 1.95 bits per heavy atom. The molecule has 0 heterocycles. The Kier molecular flexibility index (Phi) is 4.42. The zero-order valence-electron chi connectivity index (χ0n) is 12.5. The molecule has 0 radical (unpaired) electrons. The zero-order valence-corrected chi connectivity index (χ0v) is 15.6. The maximum absolute atomic E-state index is 11.7. The highest BCUT2D eigenvalue weighted by Crippen LogP contribution is 2.42. The van der Waals surface area contributed by atoms with Gasteiger partial charge in [-0.1, -0.05) is 50.9 Å². The van der Waals surface area contributed by atoms with E-state index in [9.17, 15) is 4.79 Å². The molecule has 0 bridgehead atoms. The molecule has 0 saturated heterocycles. The Hall–Kier alpha value is -1.13. The number of carbonyl (C=O) groups is 1. The van der Waals surface area contributed by atoms with Crippen LogP contribution in [0.15, 0.2) is 39.3 Å². The molecule has 0 aromatic heterocycles. The summed E-state index contributed by atoms with van der Waals surface area (Å²) in [7, 11) is 1.44. The van der Waals surface area contributed by atoms with E-state index in [1.54, 1.807) is 0 Å². The maximum atomic E-state index is 11.7. The average molecular weight is 424 g/mol. The highest BCUT2D eigenvalue weighted by atomic mass is 79.9. The molecule has 0 aliphatic heterocycles. The molecular weight excluding hydrogens is 408 g/mol. The van der Waals surface area contributed by atoms with Gasteiger partial charge in [-0.05, 0) is 58.9 Å². The first-order valence-electron chi connectivity index (χ1n) is 7.18. The number of ether oxygens (including phenoxy) is 1. The number of fused-ring (bicyclic) bond motifs is 3. The molecule has 2 nitrogen and oxygen atoms in total. The number of hydrogen-bond donors (Lipinski definition) is 0. The summed E-state index contributed by atoms with van der Waals surface area (Å²) in [6.07, 6.45) is 1.60. The van der Waals surface area contributed by atoms with Gasteiger partial charge in [-0.3, -0.25) is 4.79 Å². The van der Waals surface area contributed by atoms with Crippen LogP contribution in [-0.2, 0) is 22.4 Å². The maximum Gasteiger partial charge on any atom is 0.308 e. The molecular formula is C18H16Br2O2. The lowest BCUT2D eigenvalue weighted by atomic mass is 9.94. The SMILES string of the molecule is COC(=O)C(C)Cc1c(Br)ccc2c1Cc1cc(Br)ccc1-2. The smallest absolute Gasteiger partial charge is 0.308 e. The van der Waals surface area contributed by atoms with E-state index in [0.29, 0.717) is 6.42 Å². The monoisotopic (exact) mass is 422 g/mol. The molecule has 2 aromatic rings. The predicted octanol–water partition coefficient (Wildman–Crippen LogP) is 5.13. The summed E-state index contributed by atoms with van der Waals surface area (Å²) in [5.74, 6) is -0.314. The van der Waals surface area contributed by atoms with Gasteiger partial charge in [0, 0.05) is 8.95 Å². The number of halogens is 2. The third-order valence-electron chi connectivity index (χ3n) is 4.21. The Morgan fingerprint density at radius 3 is 2.68 bits per heavy atom. The number of methoxy groups -OCH3 is 1. The van der Waals surface area contributed by atoms with Gasteiger partial charge in [0.15, 0.2) is 0 Å². The molecule has 1 aliphatic rings. The Labute approximate surface area is 147 Å². The molecule has 0 N–H and O–H groups in total. The fraction of sp³-hybridized carbons (Fsp3) is 0.278. The van der Waals surface area contributed by atoms with Crippen molar-refractivity contribution in [1.82, 2.24) is 0 Å².